The summed E-state index contributed by atoms with van der Waals surface area (Å²) in [5, 5.41) is 2.78. The lowest BCUT2D eigenvalue weighted by atomic mass is 10.2. The number of nitrogens with zero attached hydrogens (tertiary/aromatic N) is 3. The number of pyridine rings is 1. The highest BCUT2D eigenvalue weighted by Gasteiger charge is 2.15. The van der Waals surface area contributed by atoms with Crippen LogP contribution < -0.4 is 10.2 Å². The van der Waals surface area contributed by atoms with Gasteiger partial charge in [-0.1, -0.05) is 12.1 Å². The summed E-state index contributed by atoms with van der Waals surface area (Å²) in [5.74, 6) is 0.252. The van der Waals surface area contributed by atoms with Gasteiger partial charge in [-0.2, -0.15) is 0 Å². The number of hydrogen-bond acceptors (Lipinski definition) is 4. The highest BCUT2D eigenvalue weighted by Crippen LogP contribution is 2.13. The van der Waals surface area contributed by atoms with E-state index in [9.17, 15) is 9.18 Å². The van der Waals surface area contributed by atoms with E-state index in [0.717, 1.165) is 37.6 Å². The molecule has 0 aliphatic carbocycles. The normalized spacial score (nSPS) is 15.3. The van der Waals surface area contributed by atoms with Gasteiger partial charge in [-0.05, 0) is 36.9 Å². The molecule has 1 N–H and O–H groups in total. The largest absolute Gasteiger partial charge is 0.354 e. The summed E-state index contributed by atoms with van der Waals surface area (Å²) in [5.41, 5.74) is 1.23. The second-order valence-corrected chi connectivity index (χ2v) is 6.01. The van der Waals surface area contributed by atoms with Crippen LogP contribution in [0.15, 0.2) is 42.6 Å². The molecule has 0 bridgehead atoms. The Morgan fingerprint density at radius 2 is 2.00 bits per heavy atom. The zero-order chi connectivity index (χ0) is 16.9. The van der Waals surface area contributed by atoms with Gasteiger partial charge in [0.25, 0.3) is 5.91 Å². The van der Waals surface area contributed by atoms with Crippen molar-refractivity contribution in [2.75, 3.05) is 38.1 Å². The molecular formula is C18H21FN4O. The Labute approximate surface area is 141 Å². The van der Waals surface area contributed by atoms with Crippen LogP contribution in [0.1, 0.15) is 15.9 Å². The van der Waals surface area contributed by atoms with Crippen LogP contribution >= 0.6 is 0 Å². The fourth-order valence-corrected chi connectivity index (χ4v) is 2.66. The highest BCUT2D eigenvalue weighted by atomic mass is 19.1. The number of carbonyl (C=O) groups is 1. The average Bonchev–Trinajstić information content (AvgIpc) is 2.61. The fourth-order valence-electron chi connectivity index (χ4n) is 2.66. The van der Waals surface area contributed by atoms with Crippen LogP contribution in [0, 0.1) is 5.82 Å². The van der Waals surface area contributed by atoms with E-state index in [4.69, 9.17) is 0 Å². The lowest BCUT2D eigenvalue weighted by Gasteiger charge is -2.33. The van der Waals surface area contributed by atoms with Gasteiger partial charge < -0.3 is 15.1 Å². The van der Waals surface area contributed by atoms with Gasteiger partial charge in [0.1, 0.15) is 11.6 Å². The average molecular weight is 328 g/mol. The maximum atomic E-state index is 13.1. The van der Waals surface area contributed by atoms with E-state index < -0.39 is 5.82 Å². The molecule has 1 aliphatic heterocycles. The van der Waals surface area contributed by atoms with Crippen molar-refractivity contribution >= 4 is 11.7 Å². The lowest BCUT2D eigenvalue weighted by molar-refractivity contribution is 0.0950. The van der Waals surface area contributed by atoms with E-state index in [-0.39, 0.29) is 5.91 Å². The number of carbonyl (C=O) groups excluding carboxylic acids is 1. The second kappa shape index (κ2) is 7.40. The summed E-state index contributed by atoms with van der Waals surface area (Å²) in [6.07, 6.45) is 1.78. The third-order valence-corrected chi connectivity index (χ3v) is 4.18. The lowest BCUT2D eigenvalue weighted by Crippen LogP contribution is -2.44. The van der Waals surface area contributed by atoms with E-state index in [1.807, 2.05) is 12.1 Å². The van der Waals surface area contributed by atoms with Gasteiger partial charge in [0, 0.05) is 44.5 Å². The topological polar surface area (TPSA) is 48.5 Å². The molecule has 0 unspecified atom stereocenters. The molecule has 126 valence electrons. The van der Waals surface area contributed by atoms with Crippen LogP contribution in [0.3, 0.4) is 0 Å². The van der Waals surface area contributed by atoms with E-state index in [2.05, 4.69) is 27.1 Å². The van der Waals surface area contributed by atoms with Gasteiger partial charge in [-0.15, -0.1) is 0 Å². The first-order chi connectivity index (χ1) is 11.6. The minimum atomic E-state index is -0.416. The Bertz CT molecular complexity index is 696. The summed E-state index contributed by atoms with van der Waals surface area (Å²) in [4.78, 5) is 21.0. The van der Waals surface area contributed by atoms with Crippen LogP contribution in [0.2, 0.25) is 0 Å². The number of likely N-dealkylation sites (N-methyl/N-ethyl adjacent to an activating group) is 1. The Morgan fingerprint density at radius 3 is 2.67 bits per heavy atom. The highest BCUT2D eigenvalue weighted by molar-refractivity contribution is 5.94. The summed E-state index contributed by atoms with van der Waals surface area (Å²) in [6, 6.07) is 9.60. The number of aromatic nitrogens is 1. The minimum Gasteiger partial charge on any atom is -0.354 e. The third-order valence-electron chi connectivity index (χ3n) is 4.18. The summed E-state index contributed by atoms with van der Waals surface area (Å²) in [7, 11) is 2.12. The number of anilines is 1. The monoisotopic (exact) mass is 328 g/mol. The predicted molar refractivity (Wildman–Crippen MR) is 91.5 cm³/mol. The molecular weight excluding hydrogens is 307 g/mol. The summed E-state index contributed by atoms with van der Waals surface area (Å²) < 4.78 is 13.1. The molecule has 1 aromatic carbocycles. The molecule has 1 aliphatic rings. The van der Waals surface area contributed by atoms with Crippen molar-refractivity contribution in [1.29, 1.82) is 0 Å². The number of amides is 1. The molecule has 0 spiro atoms. The molecule has 2 heterocycles. The molecule has 1 fully saturated rings. The first kappa shape index (κ1) is 16.4. The maximum absolute atomic E-state index is 13.1. The first-order valence-corrected chi connectivity index (χ1v) is 8.04. The first-order valence-electron chi connectivity index (χ1n) is 8.04. The van der Waals surface area contributed by atoms with Crippen LogP contribution in [-0.4, -0.2) is 49.0 Å². The molecule has 0 saturated carbocycles. The van der Waals surface area contributed by atoms with Crippen LogP contribution in [0.4, 0.5) is 10.2 Å². The van der Waals surface area contributed by atoms with E-state index in [1.54, 1.807) is 12.3 Å². The van der Waals surface area contributed by atoms with Crippen molar-refractivity contribution in [1.82, 2.24) is 15.2 Å². The van der Waals surface area contributed by atoms with Gasteiger partial charge in [0.2, 0.25) is 0 Å². The molecule has 1 amide bonds. The van der Waals surface area contributed by atoms with E-state index in [0.29, 0.717) is 12.1 Å². The number of hydrogen-bond donors (Lipinski definition) is 1. The maximum Gasteiger partial charge on any atom is 0.251 e. The molecule has 5 nitrogen and oxygen atoms in total. The van der Waals surface area contributed by atoms with Gasteiger partial charge in [-0.3, -0.25) is 4.79 Å². The molecule has 1 aromatic heterocycles. The predicted octanol–water partition coefficient (Wildman–Crippen LogP) is 1.90. The zero-order valence-electron chi connectivity index (χ0n) is 13.7. The van der Waals surface area contributed by atoms with Gasteiger partial charge in [0.05, 0.1) is 0 Å². The Kier molecular flexibility index (Phi) is 5.05. The zero-order valence-corrected chi connectivity index (χ0v) is 13.7. The third kappa shape index (κ3) is 4.08. The number of rotatable bonds is 4. The van der Waals surface area contributed by atoms with Crippen LogP contribution in [-0.2, 0) is 6.54 Å². The molecule has 0 radical (unpaired) electrons. The fraction of sp³-hybridized carbons (Fsp3) is 0.333. The summed E-state index contributed by atoms with van der Waals surface area (Å²) >= 11 is 0. The van der Waals surface area contributed by atoms with Crippen LogP contribution in [0.25, 0.3) is 0 Å². The van der Waals surface area contributed by atoms with Crippen molar-refractivity contribution in [3.05, 3.63) is 59.5 Å². The standard InChI is InChI=1S/C18H21FN4O/c1-22-7-9-23(10-8-22)17-6-5-14(12-20-17)13-21-18(24)15-3-2-4-16(19)11-15/h2-6,11-12H,7-10,13H2,1H3,(H,21,24). The molecule has 2 aromatic rings. The van der Waals surface area contributed by atoms with Gasteiger partial charge >= 0.3 is 0 Å². The molecule has 24 heavy (non-hydrogen) atoms. The summed E-state index contributed by atoms with van der Waals surface area (Å²) in [6.45, 7) is 4.38. The SMILES string of the molecule is CN1CCN(c2ccc(CNC(=O)c3cccc(F)c3)cn2)CC1. The van der Waals surface area contributed by atoms with E-state index in [1.165, 1.54) is 18.2 Å². The number of nitrogens with one attached hydrogen (secondary N) is 1. The van der Waals surface area contributed by atoms with E-state index >= 15 is 0 Å². The van der Waals surface area contributed by atoms with Crippen molar-refractivity contribution in [2.24, 2.45) is 0 Å². The van der Waals surface area contributed by atoms with Crippen molar-refractivity contribution in [3.63, 3.8) is 0 Å². The number of piperazine rings is 1. The van der Waals surface area contributed by atoms with Gasteiger partial charge in [-0.25, -0.2) is 9.37 Å². The minimum absolute atomic E-state index is 0.294. The van der Waals surface area contributed by atoms with Crippen molar-refractivity contribution in [2.45, 2.75) is 6.54 Å². The smallest absolute Gasteiger partial charge is 0.251 e. The Hall–Kier alpha value is -2.47. The number of benzene rings is 1. The number of halogens is 1. The van der Waals surface area contributed by atoms with Crippen LogP contribution in [0.5, 0.6) is 0 Å². The Morgan fingerprint density at radius 1 is 1.21 bits per heavy atom. The molecule has 1 saturated heterocycles. The van der Waals surface area contributed by atoms with Crippen molar-refractivity contribution < 1.29 is 9.18 Å². The molecule has 3 rings (SSSR count). The quantitative estimate of drug-likeness (QED) is 0.931. The van der Waals surface area contributed by atoms with Crippen molar-refractivity contribution in [3.8, 4) is 0 Å². The Balaban J connectivity index is 1.55. The molecule has 0 atom stereocenters. The molecule has 6 heteroatoms. The van der Waals surface area contributed by atoms with Gasteiger partial charge in [0.15, 0.2) is 0 Å². The second-order valence-electron chi connectivity index (χ2n) is 6.01.